The Hall–Kier alpha value is -0.0800. The summed E-state index contributed by atoms with van der Waals surface area (Å²) in [4.78, 5) is 2.60. The standard InChI is InChI=1S/C15H27NO/c1-16(11-12-4-5-12)14-10-13(17)6-9-15(14)7-2-3-8-15/h12-14,17H,2-11H2,1H3. The average molecular weight is 237 g/mol. The zero-order valence-electron chi connectivity index (χ0n) is 11.2. The molecule has 3 fully saturated rings. The highest BCUT2D eigenvalue weighted by molar-refractivity contribution is 5.00. The molecular formula is C15H27NO. The molecule has 3 aliphatic carbocycles. The molecule has 3 rings (SSSR count). The topological polar surface area (TPSA) is 23.5 Å². The van der Waals surface area contributed by atoms with Crippen LogP contribution in [-0.2, 0) is 0 Å². The first-order valence-corrected chi connectivity index (χ1v) is 7.58. The Morgan fingerprint density at radius 1 is 1.12 bits per heavy atom. The molecular weight excluding hydrogens is 210 g/mol. The van der Waals surface area contributed by atoms with E-state index in [0.717, 1.165) is 18.8 Å². The van der Waals surface area contributed by atoms with Gasteiger partial charge < -0.3 is 10.0 Å². The summed E-state index contributed by atoms with van der Waals surface area (Å²) in [6.45, 7) is 1.28. The van der Waals surface area contributed by atoms with Crippen molar-refractivity contribution in [2.45, 2.75) is 69.9 Å². The molecule has 0 aromatic heterocycles. The lowest BCUT2D eigenvalue weighted by Gasteiger charge is -2.48. The van der Waals surface area contributed by atoms with Crippen LogP contribution in [0.2, 0.25) is 0 Å². The predicted molar refractivity (Wildman–Crippen MR) is 69.9 cm³/mol. The van der Waals surface area contributed by atoms with Gasteiger partial charge in [0.05, 0.1) is 6.10 Å². The van der Waals surface area contributed by atoms with Gasteiger partial charge in [-0.1, -0.05) is 12.8 Å². The normalized spacial score (nSPS) is 36.9. The van der Waals surface area contributed by atoms with Gasteiger partial charge in [-0.3, -0.25) is 0 Å². The number of hydrogen-bond donors (Lipinski definition) is 1. The van der Waals surface area contributed by atoms with E-state index in [4.69, 9.17) is 0 Å². The zero-order valence-corrected chi connectivity index (χ0v) is 11.2. The fraction of sp³-hybridized carbons (Fsp3) is 1.00. The maximum Gasteiger partial charge on any atom is 0.0555 e. The van der Waals surface area contributed by atoms with Crippen LogP contribution < -0.4 is 0 Å². The first-order valence-electron chi connectivity index (χ1n) is 7.58. The maximum absolute atomic E-state index is 10.00. The van der Waals surface area contributed by atoms with Crippen molar-refractivity contribution in [3.05, 3.63) is 0 Å². The number of aliphatic hydroxyl groups is 1. The summed E-state index contributed by atoms with van der Waals surface area (Å²) in [5, 5.41) is 10.00. The smallest absolute Gasteiger partial charge is 0.0555 e. The molecule has 1 spiro atoms. The van der Waals surface area contributed by atoms with E-state index in [-0.39, 0.29) is 6.10 Å². The lowest BCUT2D eigenvalue weighted by atomic mass is 9.67. The van der Waals surface area contributed by atoms with Gasteiger partial charge in [0.2, 0.25) is 0 Å². The van der Waals surface area contributed by atoms with E-state index in [2.05, 4.69) is 11.9 Å². The molecule has 2 nitrogen and oxygen atoms in total. The van der Waals surface area contributed by atoms with E-state index in [1.54, 1.807) is 0 Å². The molecule has 0 radical (unpaired) electrons. The van der Waals surface area contributed by atoms with Crippen molar-refractivity contribution in [2.24, 2.45) is 11.3 Å². The van der Waals surface area contributed by atoms with Gasteiger partial charge in [-0.25, -0.2) is 0 Å². The van der Waals surface area contributed by atoms with Gasteiger partial charge in [0, 0.05) is 12.6 Å². The largest absolute Gasteiger partial charge is 0.393 e. The number of hydrogen-bond acceptors (Lipinski definition) is 2. The van der Waals surface area contributed by atoms with Crippen LogP contribution in [-0.4, -0.2) is 35.7 Å². The third kappa shape index (κ3) is 2.39. The second-order valence-electron chi connectivity index (χ2n) is 6.90. The minimum Gasteiger partial charge on any atom is -0.393 e. The van der Waals surface area contributed by atoms with Crippen molar-refractivity contribution in [3.63, 3.8) is 0 Å². The van der Waals surface area contributed by atoms with Gasteiger partial charge in [-0.2, -0.15) is 0 Å². The molecule has 2 atom stereocenters. The van der Waals surface area contributed by atoms with Crippen LogP contribution in [0.4, 0.5) is 0 Å². The Bertz CT molecular complexity index is 268. The molecule has 0 aromatic carbocycles. The lowest BCUT2D eigenvalue weighted by Crippen LogP contribution is -2.50. The van der Waals surface area contributed by atoms with Crippen LogP contribution >= 0.6 is 0 Å². The highest BCUT2D eigenvalue weighted by atomic mass is 16.3. The quantitative estimate of drug-likeness (QED) is 0.816. The number of aliphatic hydroxyl groups excluding tert-OH is 1. The van der Waals surface area contributed by atoms with E-state index >= 15 is 0 Å². The summed E-state index contributed by atoms with van der Waals surface area (Å²) in [5.41, 5.74) is 0.572. The van der Waals surface area contributed by atoms with E-state index in [0.29, 0.717) is 11.5 Å². The SMILES string of the molecule is CN(CC1CC1)C1CC(O)CCC12CCCC2. The first-order chi connectivity index (χ1) is 8.20. The van der Waals surface area contributed by atoms with Crippen LogP contribution in [0.15, 0.2) is 0 Å². The van der Waals surface area contributed by atoms with Crippen molar-refractivity contribution < 1.29 is 5.11 Å². The summed E-state index contributed by atoms with van der Waals surface area (Å²) in [6, 6.07) is 0.661. The van der Waals surface area contributed by atoms with Gasteiger partial charge in [-0.05, 0) is 63.3 Å². The molecule has 0 amide bonds. The molecule has 3 aliphatic rings. The maximum atomic E-state index is 10.00. The second-order valence-corrected chi connectivity index (χ2v) is 6.90. The number of nitrogens with zero attached hydrogens (tertiary/aromatic N) is 1. The molecule has 3 saturated carbocycles. The molecule has 0 aromatic rings. The Balaban J connectivity index is 1.71. The van der Waals surface area contributed by atoms with Crippen molar-refractivity contribution in [3.8, 4) is 0 Å². The Morgan fingerprint density at radius 3 is 2.47 bits per heavy atom. The predicted octanol–water partition coefficient (Wildman–Crippen LogP) is 2.80. The van der Waals surface area contributed by atoms with Gasteiger partial charge in [0.15, 0.2) is 0 Å². The molecule has 2 unspecified atom stereocenters. The van der Waals surface area contributed by atoms with Gasteiger partial charge in [0.1, 0.15) is 0 Å². The van der Waals surface area contributed by atoms with Crippen molar-refractivity contribution in [2.75, 3.05) is 13.6 Å². The fourth-order valence-electron chi connectivity index (χ4n) is 4.39. The van der Waals surface area contributed by atoms with Crippen LogP contribution in [0, 0.1) is 11.3 Å². The summed E-state index contributed by atoms with van der Waals surface area (Å²) < 4.78 is 0. The average Bonchev–Trinajstić information content (AvgIpc) is 3.00. The molecule has 0 aliphatic heterocycles. The monoisotopic (exact) mass is 237 g/mol. The highest BCUT2D eigenvalue weighted by Crippen LogP contribution is 2.51. The third-order valence-corrected chi connectivity index (χ3v) is 5.55. The molecule has 17 heavy (non-hydrogen) atoms. The van der Waals surface area contributed by atoms with E-state index in [1.807, 2.05) is 0 Å². The van der Waals surface area contributed by atoms with Crippen LogP contribution in [0.3, 0.4) is 0 Å². The second kappa shape index (κ2) is 4.55. The highest BCUT2D eigenvalue weighted by Gasteiger charge is 2.46. The summed E-state index contributed by atoms with van der Waals surface area (Å²) in [7, 11) is 2.31. The van der Waals surface area contributed by atoms with Crippen molar-refractivity contribution >= 4 is 0 Å². The first kappa shape index (κ1) is 12.0. The van der Waals surface area contributed by atoms with Crippen LogP contribution in [0.25, 0.3) is 0 Å². The molecule has 98 valence electrons. The number of rotatable bonds is 3. The molecule has 2 heteroatoms. The Labute approximate surface area is 105 Å². The van der Waals surface area contributed by atoms with E-state index < -0.39 is 0 Å². The summed E-state index contributed by atoms with van der Waals surface area (Å²) in [5.74, 6) is 0.970. The molecule has 0 heterocycles. The summed E-state index contributed by atoms with van der Waals surface area (Å²) in [6.07, 6.45) is 11.9. The van der Waals surface area contributed by atoms with Gasteiger partial charge in [0.25, 0.3) is 0 Å². The van der Waals surface area contributed by atoms with Crippen LogP contribution in [0.5, 0.6) is 0 Å². The van der Waals surface area contributed by atoms with Crippen molar-refractivity contribution in [1.82, 2.24) is 4.90 Å². The van der Waals surface area contributed by atoms with Crippen LogP contribution in [0.1, 0.15) is 57.8 Å². The fourth-order valence-corrected chi connectivity index (χ4v) is 4.39. The Morgan fingerprint density at radius 2 is 1.82 bits per heavy atom. The molecule has 0 bridgehead atoms. The van der Waals surface area contributed by atoms with E-state index in [9.17, 15) is 5.11 Å². The molecule has 1 N–H and O–H groups in total. The molecule has 0 saturated heterocycles. The minimum absolute atomic E-state index is 0.0344. The lowest BCUT2D eigenvalue weighted by molar-refractivity contribution is -0.0181. The van der Waals surface area contributed by atoms with Crippen molar-refractivity contribution in [1.29, 1.82) is 0 Å². The summed E-state index contributed by atoms with van der Waals surface area (Å²) >= 11 is 0. The van der Waals surface area contributed by atoms with Gasteiger partial charge in [-0.15, -0.1) is 0 Å². The van der Waals surface area contributed by atoms with Gasteiger partial charge >= 0.3 is 0 Å². The zero-order chi connectivity index (χ0) is 11.9. The Kier molecular flexibility index (Phi) is 3.20. The van der Waals surface area contributed by atoms with E-state index in [1.165, 1.54) is 51.5 Å². The minimum atomic E-state index is -0.0344. The third-order valence-electron chi connectivity index (χ3n) is 5.55.